The smallest absolute Gasteiger partial charge is 0.253 e. The summed E-state index contributed by atoms with van der Waals surface area (Å²) in [6.45, 7) is 13.9. The van der Waals surface area contributed by atoms with Crippen molar-refractivity contribution in [2.45, 2.75) is 101 Å². The van der Waals surface area contributed by atoms with Crippen molar-refractivity contribution in [1.29, 1.82) is 0 Å². The highest BCUT2D eigenvalue weighted by Crippen LogP contribution is 2.41. The Morgan fingerprint density at radius 2 is 1.68 bits per heavy atom. The van der Waals surface area contributed by atoms with E-state index in [0.29, 0.717) is 21.8 Å². The van der Waals surface area contributed by atoms with Crippen LogP contribution in [0.2, 0.25) is 16.6 Å². The molecule has 0 N–H and O–H groups in total. The van der Waals surface area contributed by atoms with Gasteiger partial charge in [0.1, 0.15) is 13.7 Å². The fraction of sp³-hybridized carbons (Fsp3) is 0.640. The second-order valence-corrected chi connectivity index (χ2v) is 16.2. The van der Waals surface area contributed by atoms with Gasteiger partial charge < -0.3 is 0 Å². The molecule has 0 bridgehead atoms. The van der Waals surface area contributed by atoms with Gasteiger partial charge in [-0.3, -0.25) is 9.36 Å². The highest BCUT2D eigenvalue weighted by Gasteiger charge is 2.41. The highest BCUT2D eigenvalue weighted by molar-refractivity contribution is 7.98. The first-order chi connectivity index (χ1) is 14.7. The van der Waals surface area contributed by atoms with Gasteiger partial charge in [-0.1, -0.05) is 78.5 Å². The van der Waals surface area contributed by atoms with E-state index in [2.05, 4.69) is 58.0 Å². The summed E-state index contributed by atoms with van der Waals surface area (Å²) in [6.07, 6.45) is 9.54. The summed E-state index contributed by atoms with van der Waals surface area (Å²) >= 11 is 1.51. The Kier molecular flexibility index (Phi) is 7.70. The van der Waals surface area contributed by atoms with Crippen LogP contribution in [0.25, 0.3) is 11.0 Å². The molecule has 168 valence electrons. The fourth-order valence-corrected chi connectivity index (χ4v) is 11.2. The predicted octanol–water partition coefficient (Wildman–Crippen LogP) is 6.59. The average Bonchev–Trinajstić information content (AvgIpc) is 2.73. The molecule has 1 fully saturated rings. The highest BCUT2D eigenvalue weighted by atomic mass is 32.2. The van der Waals surface area contributed by atoms with E-state index < -0.39 is 8.07 Å². The normalized spacial score (nSPS) is 15.7. The Hall–Kier alpha value is -1.58. The SMILES string of the molecule is CSc1ncc2c(C#C[Si](C(C)C)(C(C)C)C(C)C)cc(=O)n(C3CCCCC3)c2n1. The van der Waals surface area contributed by atoms with Crippen molar-refractivity contribution >= 4 is 30.9 Å². The number of fused-ring (bicyclic) bond motifs is 1. The zero-order valence-electron chi connectivity index (χ0n) is 20.2. The standard InChI is InChI=1S/C25H37N3OSSi/c1-17(2)31(18(3)4,19(5)6)14-13-20-15-23(29)28(21-11-9-8-10-12-21)24-22(20)16-26-25(27-24)30-7/h15-19,21H,8-12H2,1-7H3. The Morgan fingerprint density at radius 3 is 2.23 bits per heavy atom. The van der Waals surface area contributed by atoms with Gasteiger partial charge in [0, 0.05) is 23.9 Å². The van der Waals surface area contributed by atoms with Crippen molar-refractivity contribution in [3.63, 3.8) is 0 Å². The zero-order valence-corrected chi connectivity index (χ0v) is 22.0. The van der Waals surface area contributed by atoms with Crippen LogP contribution in [0.3, 0.4) is 0 Å². The molecule has 2 heterocycles. The maximum absolute atomic E-state index is 13.3. The summed E-state index contributed by atoms with van der Waals surface area (Å²) < 4.78 is 1.93. The van der Waals surface area contributed by atoms with Gasteiger partial charge in [-0.15, -0.1) is 5.54 Å². The summed E-state index contributed by atoms with van der Waals surface area (Å²) in [6, 6.07) is 1.97. The second kappa shape index (κ2) is 9.91. The maximum atomic E-state index is 13.3. The van der Waals surface area contributed by atoms with Gasteiger partial charge in [-0.25, -0.2) is 9.97 Å². The maximum Gasteiger partial charge on any atom is 0.253 e. The van der Waals surface area contributed by atoms with Crippen LogP contribution < -0.4 is 5.56 Å². The Bertz CT molecular complexity index is 1020. The molecule has 0 spiro atoms. The molecule has 31 heavy (non-hydrogen) atoms. The van der Waals surface area contributed by atoms with Crippen LogP contribution in [0.5, 0.6) is 0 Å². The molecule has 3 rings (SSSR count). The molecule has 4 nitrogen and oxygen atoms in total. The van der Waals surface area contributed by atoms with E-state index in [9.17, 15) is 4.79 Å². The van der Waals surface area contributed by atoms with E-state index in [1.165, 1.54) is 31.0 Å². The molecule has 1 aliphatic rings. The number of aromatic nitrogens is 3. The number of thioether (sulfide) groups is 1. The van der Waals surface area contributed by atoms with Crippen LogP contribution in [-0.4, -0.2) is 28.9 Å². The van der Waals surface area contributed by atoms with Gasteiger partial charge in [-0.2, -0.15) is 0 Å². The molecule has 0 amide bonds. The summed E-state index contributed by atoms with van der Waals surface area (Å²) in [4.78, 5) is 22.6. The Labute approximate surface area is 192 Å². The second-order valence-electron chi connectivity index (χ2n) is 9.80. The first-order valence-corrected chi connectivity index (χ1v) is 15.2. The summed E-state index contributed by atoms with van der Waals surface area (Å²) in [7, 11) is -1.89. The molecule has 0 aromatic carbocycles. The first-order valence-electron chi connectivity index (χ1n) is 11.7. The number of rotatable bonds is 5. The van der Waals surface area contributed by atoms with E-state index in [0.717, 1.165) is 29.4 Å². The van der Waals surface area contributed by atoms with Crippen LogP contribution in [0, 0.1) is 11.5 Å². The van der Waals surface area contributed by atoms with E-state index in [1.54, 1.807) is 6.07 Å². The van der Waals surface area contributed by atoms with Crippen molar-refractivity contribution in [3.8, 4) is 11.5 Å². The third-order valence-corrected chi connectivity index (χ3v) is 14.0. The van der Waals surface area contributed by atoms with Crippen molar-refractivity contribution in [2.75, 3.05) is 6.26 Å². The van der Waals surface area contributed by atoms with Crippen molar-refractivity contribution in [1.82, 2.24) is 14.5 Å². The number of hydrogen-bond acceptors (Lipinski definition) is 4. The van der Waals surface area contributed by atoms with E-state index in [-0.39, 0.29) is 11.6 Å². The molecule has 1 saturated carbocycles. The van der Waals surface area contributed by atoms with E-state index >= 15 is 0 Å². The topological polar surface area (TPSA) is 47.8 Å². The molecular formula is C25H37N3OSSi. The lowest BCUT2D eigenvalue weighted by Gasteiger charge is -2.38. The van der Waals surface area contributed by atoms with Crippen molar-refractivity contribution in [3.05, 3.63) is 28.2 Å². The van der Waals surface area contributed by atoms with Gasteiger partial charge in [0.15, 0.2) is 5.16 Å². The van der Waals surface area contributed by atoms with Crippen LogP contribution in [0.1, 0.15) is 85.3 Å². The molecule has 2 aromatic heterocycles. The molecular weight excluding hydrogens is 418 g/mol. The minimum Gasteiger partial charge on any atom is -0.289 e. The molecule has 0 unspecified atom stereocenters. The lowest BCUT2D eigenvalue weighted by molar-refractivity contribution is 0.352. The van der Waals surface area contributed by atoms with Crippen LogP contribution in [0.15, 0.2) is 22.2 Å². The Morgan fingerprint density at radius 1 is 1.06 bits per heavy atom. The molecule has 0 saturated heterocycles. The lowest BCUT2D eigenvalue weighted by Crippen LogP contribution is -2.43. The molecule has 0 aliphatic heterocycles. The van der Waals surface area contributed by atoms with E-state index in [1.807, 2.05) is 17.0 Å². The monoisotopic (exact) mass is 455 g/mol. The van der Waals surface area contributed by atoms with Crippen LogP contribution in [0.4, 0.5) is 0 Å². The van der Waals surface area contributed by atoms with E-state index in [4.69, 9.17) is 4.98 Å². The van der Waals surface area contributed by atoms with Gasteiger partial charge in [0.2, 0.25) is 0 Å². The first kappa shape index (κ1) is 24.1. The summed E-state index contributed by atoms with van der Waals surface area (Å²) in [5.41, 5.74) is 7.00. The van der Waals surface area contributed by atoms with Crippen LogP contribution >= 0.6 is 11.8 Å². The fourth-order valence-electron chi connectivity index (χ4n) is 5.61. The predicted molar refractivity (Wildman–Crippen MR) is 136 cm³/mol. The number of pyridine rings is 1. The third kappa shape index (κ3) is 4.63. The van der Waals surface area contributed by atoms with Gasteiger partial charge in [0.05, 0.1) is 5.39 Å². The number of nitrogens with zero attached hydrogens (tertiary/aromatic N) is 3. The molecule has 1 aliphatic carbocycles. The lowest BCUT2D eigenvalue weighted by atomic mass is 9.95. The quantitative estimate of drug-likeness (QED) is 0.221. The zero-order chi connectivity index (χ0) is 22.8. The Balaban J connectivity index is 2.24. The average molecular weight is 456 g/mol. The number of hydrogen-bond donors (Lipinski definition) is 0. The van der Waals surface area contributed by atoms with Gasteiger partial charge >= 0.3 is 0 Å². The summed E-state index contributed by atoms with van der Waals surface area (Å²) in [5, 5.41) is 1.62. The van der Waals surface area contributed by atoms with Gasteiger partial charge in [-0.05, 0) is 35.7 Å². The van der Waals surface area contributed by atoms with Crippen molar-refractivity contribution < 1.29 is 0 Å². The molecule has 0 radical (unpaired) electrons. The van der Waals surface area contributed by atoms with Gasteiger partial charge in [0.25, 0.3) is 5.56 Å². The molecule has 6 heteroatoms. The minimum atomic E-state index is -1.89. The largest absolute Gasteiger partial charge is 0.289 e. The van der Waals surface area contributed by atoms with Crippen molar-refractivity contribution in [2.24, 2.45) is 0 Å². The summed E-state index contributed by atoms with van der Waals surface area (Å²) in [5.74, 6) is 3.49. The molecule has 0 atom stereocenters. The molecule has 2 aromatic rings. The minimum absolute atomic E-state index is 0.0281. The third-order valence-electron chi connectivity index (χ3n) is 7.17. The van der Waals surface area contributed by atoms with Crippen LogP contribution in [-0.2, 0) is 0 Å².